The SMILES string of the molecule is CCC(c1ccc(Cl)cc1)N1CCN(C2CCNC2)CC1. The maximum Gasteiger partial charge on any atom is 0.0406 e. The molecule has 2 unspecified atom stereocenters. The Bertz CT molecular complexity index is 434. The van der Waals surface area contributed by atoms with E-state index < -0.39 is 0 Å². The van der Waals surface area contributed by atoms with Crippen molar-refractivity contribution in [3.05, 3.63) is 34.9 Å². The van der Waals surface area contributed by atoms with Crippen LogP contribution in [0, 0.1) is 0 Å². The van der Waals surface area contributed by atoms with Gasteiger partial charge >= 0.3 is 0 Å². The van der Waals surface area contributed by atoms with Crippen LogP contribution in [0.5, 0.6) is 0 Å². The molecular weight excluding hydrogens is 282 g/mol. The first-order valence-electron chi connectivity index (χ1n) is 8.22. The zero-order chi connectivity index (χ0) is 14.7. The lowest BCUT2D eigenvalue weighted by Gasteiger charge is -2.41. The molecule has 0 radical (unpaired) electrons. The molecule has 2 fully saturated rings. The van der Waals surface area contributed by atoms with E-state index in [1.54, 1.807) is 0 Å². The number of benzene rings is 1. The van der Waals surface area contributed by atoms with Gasteiger partial charge in [0, 0.05) is 49.8 Å². The first-order chi connectivity index (χ1) is 10.3. The van der Waals surface area contributed by atoms with Crippen molar-refractivity contribution in [2.75, 3.05) is 39.3 Å². The zero-order valence-corrected chi connectivity index (χ0v) is 13.6. The summed E-state index contributed by atoms with van der Waals surface area (Å²) in [5.41, 5.74) is 1.40. The second-order valence-corrected chi connectivity index (χ2v) is 6.63. The van der Waals surface area contributed by atoms with Crippen molar-refractivity contribution in [1.82, 2.24) is 15.1 Å². The Morgan fingerprint density at radius 2 is 1.90 bits per heavy atom. The first kappa shape index (κ1) is 15.3. The molecule has 0 aromatic heterocycles. The second kappa shape index (κ2) is 7.10. The largest absolute Gasteiger partial charge is 0.315 e. The van der Waals surface area contributed by atoms with E-state index in [9.17, 15) is 0 Å². The molecule has 1 N–H and O–H groups in total. The number of nitrogens with zero attached hydrogens (tertiary/aromatic N) is 2. The summed E-state index contributed by atoms with van der Waals surface area (Å²) in [5.74, 6) is 0. The monoisotopic (exact) mass is 307 g/mol. The number of rotatable bonds is 4. The van der Waals surface area contributed by atoms with Crippen LogP contribution < -0.4 is 5.32 Å². The van der Waals surface area contributed by atoms with Crippen LogP contribution in [-0.2, 0) is 0 Å². The van der Waals surface area contributed by atoms with E-state index in [0.717, 1.165) is 17.5 Å². The van der Waals surface area contributed by atoms with Crippen LogP contribution in [0.1, 0.15) is 31.4 Å². The fourth-order valence-electron chi connectivity index (χ4n) is 3.75. The number of piperazine rings is 1. The molecule has 2 atom stereocenters. The lowest BCUT2D eigenvalue weighted by molar-refractivity contribution is 0.0720. The molecule has 2 heterocycles. The average molecular weight is 308 g/mol. The minimum atomic E-state index is 0.533. The minimum Gasteiger partial charge on any atom is -0.315 e. The third-order valence-corrected chi connectivity index (χ3v) is 5.23. The van der Waals surface area contributed by atoms with Gasteiger partial charge in [-0.15, -0.1) is 0 Å². The number of hydrogen-bond acceptors (Lipinski definition) is 3. The van der Waals surface area contributed by atoms with Gasteiger partial charge in [0.15, 0.2) is 0 Å². The maximum absolute atomic E-state index is 6.01. The quantitative estimate of drug-likeness (QED) is 0.923. The van der Waals surface area contributed by atoms with Crippen molar-refractivity contribution in [3.63, 3.8) is 0 Å². The number of halogens is 1. The Kier molecular flexibility index (Phi) is 5.17. The Morgan fingerprint density at radius 3 is 2.48 bits per heavy atom. The average Bonchev–Trinajstić information content (AvgIpc) is 3.05. The lowest BCUT2D eigenvalue weighted by Crippen LogP contribution is -2.51. The van der Waals surface area contributed by atoms with Crippen LogP contribution >= 0.6 is 11.6 Å². The van der Waals surface area contributed by atoms with E-state index in [2.05, 4.69) is 34.2 Å². The van der Waals surface area contributed by atoms with Crippen LogP contribution in [0.15, 0.2) is 24.3 Å². The Hall–Kier alpha value is -0.610. The van der Waals surface area contributed by atoms with Gasteiger partial charge in [-0.25, -0.2) is 0 Å². The van der Waals surface area contributed by atoms with E-state index in [0.29, 0.717) is 6.04 Å². The molecular formula is C17H26ClN3. The molecule has 2 aliphatic heterocycles. The maximum atomic E-state index is 6.01. The van der Waals surface area contributed by atoms with Crippen LogP contribution in [0.4, 0.5) is 0 Å². The van der Waals surface area contributed by atoms with Gasteiger partial charge in [0.05, 0.1) is 0 Å². The molecule has 2 saturated heterocycles. The molecule has 1 aromatic carbocycles. The molecule has 0 amide bonds. The molecule has 0 bridgehead atoms. The Morgan fingerprint density at radius 1 is 1.19 bits per heavy atom. The highest BCUT2D eigenvalue weighted by atomic mass is 35.5. The highest BCUT2D eigenvalue weighted by Crippen LogP contribution is 2.27. The van der Waals surface area contributed by atoms with E-state index >= 15 is 0 Å². The molecule has 0 aliphatic carbocycles. The van der Waals surface area contributed by atoms with E-state index in [1.807, 2.05) is 12.1 Å². The topological polar surface area (TPSA) is 18.5 Å². The fourth-order valence-corrected chi connectivity index (χ4v) is 3.88. The smallest absolute Gasteiger partial charge is 0.0406 e. The van der Waals surface area contributed by atoms with E-state index in [4.69, 9.17) is 11.6 Å². The highest BCUT2D eigenvalue weighted by Gasteiger charge is 2.28. The molecule has 0 spiro atoms. The molecule has 2 aliphatic rings. The van der Waals surface area contributed by atoms with Gasteiger partial charge in [-0.2, -0.15) is 0 Å². The highest BCUT2D eigenvalue weighted by molar-refractivity contribution is 6.30. The Labute approximate surface area is 133 Å². The van der Waals surface area contributed by atoms with Gasteiger partial charge in [-0.05, 0) is 37.1 Å². The molecule has 3 rings (SSSR count). The molecule has 116 valence electrons. The summed E-state index contributed by atoms with van der Waals surface area (Å²) < 4.78 is 0. The Balaban J connectivity index is 1.60. The third kappa shape index (κ3) is 3.59. The van der Waals surface area contributed by atoms with Gasteiger partial charge in [-0.3, -0.25) is 9.80 Å². The molecule has 1 aromatic rings. The predicted octanol–water partition coefficient (Wildman–Crippen LogP) is 2.77. The van der Waals surface area contributed by atoms with Crippen molar-refractivity contribution >= 4 is 11.6 Å². The van der Waals surface area contributed by atoms with Crippen molar-refractivity contribution in [2.24, 2.45) is 0 Å². The summed E-state index contributed by atoms with van der Waals surface area (Å²) in [5, 5.41) is 4.30. The van der Waals surface area contributed by atoms with Crippen molar-refractivity contribution in [3.8, 4) is 0 Å². The van der Waals surface area contributed by atoms with Gasteiger partial charge < -0.3 is 5.32 Å². The van der Waals surface area contributed by atoms with Crippen molar-refractivity contribution in [2.45, 2.75) is 31.8 Å². The minimum absolute atomic E-state index is 0.533. The van der Waals surface area contributed by atoms with Gasteiger partial charge in [0.2, 0.25) is 0 Å². The molecule has 21 heavy (non-hydrogen) atoms. The van der Waals surface area contributed by atoms with Crippen molar-refractivity contribution < 1.29 is 0 Å². The van der Waals surface area contributed by atoms with Gasteiger partial charge in [0.1, 0.15) is 0 Å². The van der Waals surface area contributed by atoms with Crippen LogP contribution in [0.25, 0.3) is 0 Å². The molecule has 0 saturated carbocycles. The first-order valence-corrected chi connectivity index (χ1v) is 8.60. The van der Waals surface area contributed by atoms with Gasteiger partial charge in [0.25, 0.3) is 0 Å². The van der Waals surface area contributed by atoms with Crippen LogP contribution in [0.2, 0.25) is 5.02 Å². The number of hydrogen-bond donors (Lipinski definition) is 1. The lowest BCUT2D eigenvalue weighted by atomic mass is 10.0. The summed E-state index contributed by atoms with van der Waals surface area (Å²) in [6.45, 7) is 9.41. The van der Waals surface area contributed by atoms with E-state index in [1.165, 1.54) is 51.3 Å². The summed E-state index contributed by atoms with van der Waals surface area (Å²) in [6.07, 6.45) is 2.47. The van der Waals surface area contributed by atoms with Gasteiger partial charge in [-0.1, -0.05) is 30.7 Å². The second-order valence-electron chi connectivity index (χ2n) is 6.19. The molecule has 3 nitrogen and oxygen atoms in total. The van der Waals surface area contributed by atoms with Crippen LogP contribution in [0.3, 0.4) is 0 Å². The number of nitrogens with one attached hydrogen (secondary N) is 1. The fraction of sp³-hybridized carbons (Fsp3) is 0.647. The summed E-state index contributed by atoms with van der Waals surface area (Å²) in [6, 6.07) is 9.70. The van der Waals surface area contributed by atoms with E-state index in [-0.39, 0.29) is 0 Å². The predicted molar refractivity (Wildman–Crippen MR) is 88.9 cm³/mol. The molecule has 4 heteroatoms. The summed E-state index contributed by atoms with van der Waals surface area (Å²) in [4.78, 5) is 5.31. The van der Waals surface area contributed by atoms with Crippen LogP contribution in [-0.4, -0.2) is 55.1 Å². The zero-order valence-electron chi connectivity index (χ0n) is 12.9. The standard InChI is InChI=1S/C17H26ClN3/c1-2-17(14-3-5-15(18)6-4-14)21-11-9-20(10-12-21)16-7-8-19-13-16/h3-6,16-17,19H,2,7-13H2,1H3. The third-order valence-electron chi connectivity index (χ3n) is 4.98. The summed E-state index contributed by atoms with van der Waals surface area (Å²) in [7, 11) is 0. The van der Waals surface area contributed by atoms with Crippen molar-refractivity contribution in [1.29, 1.82) is 0 Å². The summed E-state index contributed by atoms with van der Waals surface area (Å²) >= 11 is 6.01. The normalized spacial score (nSPS) is 26.1.